The van der Waals surface area contributed by atoms with Gasteiger partial charge in [0.2, 0.25) is 5.91 Å². The molecule has 0 saturated heterocycles. The molecule has 3 N–H and O–H groups in total. The van der Waals surface area contributed by atoms with Crippen LogP contribution in [0.25, 0.3) is 0 Å². The number of hydrogen-bond acceptors (Lipinski definition) is 4. The minimum absolute atomic E-state index is 0.112. The molecule has 1 aromatic rings. The van der Waals surface area contributed by atoms with Crippen LogP contribution in [-0.4, -0.2) is 31.6 Å². The van der Waals surface area contributed by atoms with Crippen molar-refractivity contribution in [3.8, 4) is 0 Å². The van der Waals surface area contributed by atoms with E-state index in [1.807, 2.05) is 0 Å². The van der Waals surface area contributed by atoms with Crippen LogP contribution >= 0.6 is 22.6 Å². The fourth-order valence-corrected chi connectivity index (χ4v) is 2.61. The van der Waals surface area contributed by atoms with Crippen LogP contribution in [0.3, 0.4) is 0 Å². The number of ether oxygens (including phenoxy) is 1. The fourth-order valence-electron chi connectivity index (χ4n) is 2.25. The lowest BCUT2D eigenvalue weighted by Crippen LogP contribution is -2.41. The SMILES string of the molecule is COC(=O)[C@H](CCCCN)NC(=O)CCCc1ccc(I)cc1. The molecule has 0 spiro atoms. The molecular weight excluding hydrogens is 407 g/mol. The van der Waals surface area contributed by atoms with Crippen molar-refractivity contribution in [2.45, 2.75) is 44.6 Å². The maximum atomic E-state index is 12.0. The summed E-state index contributed by atoms with van der Waals surface area (Å²) >= 11 is 2.27. The van der Waals surface area contributed by atoms with Crippen LogP contribution in [0.2, 0.25) is 0 Å². The number of esters is 1. The van der Waals surface area contributed by atoms with Gasteiger partial charge >= 0.3 is 5.97 Å². The zero-order valence-corrected chi connectivity index (χ0v) is 15.7. The molecule has 0 heterocycles. The third kappa shape index (κ3) is 8.31. The van der Waals surface area contributed by atoms with E-state index in [4.69, 9.17) is 10.5 Å². The van der Waals surface area contributed by atoms with Crippen molar-refractivity contribution >= 4 is 34.5 Å². The van der Waals surface area contributed by atoms with Gasteiger partial charge in [-0.2, -0.15) is 0 Å². The van der Waals surface area contributed by atoms with E-state index in [2.05, 4.69) is 52.2 Å². The first-order valence-corrected chi connectivity index (χ1v) is 8.96. The summed E-state index contributed by atoms with van der Waals surface area (Å²) in [6, 6.07) is 7.69. The Kier molecular flexibility index (Phi) is 9.86. The van der Waals surface area contributed by atoms with Crippen molar-refractivity contribution in [3.05, 3.63) is 33.4 Å². The van der Waals surface area contributed by atoms with E-state index in [0.717, 1.165) is 25.7 Å². The number of hydrogen-bond donors (Lipinski definition) is 2. The number of nitrogens with two attached hydrogens (primary N) is 1. The highest BCUT2D eigenvalue weighted by Gasteiger charge is 2.20. The second kappa shape index (κ2) is 11.4. The molecule has 5 nitrogen and oxygen atoms in total. The van der Waals surface area contributed by atoms with Crippen LogP contribution < -0.4 is 11.1 Å². The molecule has 0 unspecified atom stereocenters. The van der Waals surface area contributed by atoms with Gasteiger partial charge in [0.05, 0.1) is 7.11 Å². The first-order chi connectivity index (χ1) is 11.1. The van der Waals surface area contributed by atoms with E-state index >= 15 is 0 Å². The number of rotatable bonds is 10. The summed E-state index contributed by atoms with van der Waals surface area (Å²) in [4.78, 5) is 23.7. The minimum Gasteiger partial charge on any atom is -0.467 e. The molecule has 0 bridgehead atoms. The highest BCUT2D eigenvalue weighted by atomic mass is 127. The normalized spacial score (nSPS) is 11.8. The molecule has 0 aromatic heterocycles. The standard InChI is InChI=1S/C17H25IN2O3/c1-23-17(22)15(6-2-3-12-19)20-16(21)7-4-5-13-8-10-14(18)11-9-13/h8-11,15H,2-7,12,19H2,1H3,(H,20,21)/t15-/m0/s1. The molecule has 0 aliphatic heterocycles. The molecule has 0 fully saturated rings. The number of carbonyl (C=O) groups excluding carboxylic acids is 2. The van der Waals surface area contributed by atoms with Crippen LogP contribution in [-0.2, 0) is 20.7 Å². The summed E-state index contributed by atoms with van der Waals surface area (Å²) < 4.78 is 5.94. The largest absolute Gasteiger partial charge is 0.467 e. The van der Waals surface area contributed by atoms with Crippen molar-refractivity contribution in [2.75, 3.05) is 13.7 Å². The van der Waals surface area contributed by atoms with E-state index in [1.165, 1.54) is 16.2 Å². The van der Waals surface area contributed by atoms with Gasteiger partial charge in [-0.1, -0.05) is 12.1 Å². The third-order valence-corrected chi connectivity index (χ3v) is 4.27. The van der Waals surface area contributed by atoms with Crippen molar-refractivity contribution in [1.29, 1.82) is 0 Å². The molecule has 1 atom stereocenters. The number of aryl methyl sites for hydroxylation is 1. The van der Waals surface area contributed by atoms with Gasteiger partial charge in [0.25, 0.3) is 0 Å². The Balaban J connectivity index is 2.36. The first kappa shape index (κ1) is 19.9. The molecule has 1 amide bonds. The van der Waals surface area contributed by atoms with Gasteiger partial charge in [0.1, 0.15) is 6.04 Å². The number of nitrogens with one attached hydrogen (secondary N) is 1. The van der Waals surface area contributed by atoms with Crippen LogP contribution in [0.1, 0.15) is 37.7 Å². The number of methoxy groups -OCH3 is 1. The molecular formula is C17H25IN2O3. The lowest BCUT2D eigenvalue weighted by molar-refractivity contribution is -0.145. The summed E-state index contributed by atoms with van der Waals surface area (Å²) in [6.07, 6.45) is 4.18. The van der Waals surface area contributed by atoms with Crippen molar-refractivity contribution in [3.63, 3.8) is 0 Å². The van der Waals surface area contributed by atoms with Gasteiger partial charge in [-0.25, -0.2) is 4.79 Å². The maximum absolute atomic E-state index is 12.0. The molecule has 23 heavy (non-hydrogen) atoms. The second-order valence-corrected chi connectivity index (χ2v) is 6.65. The van der Waals surface area contributed by atoms with Gasteiger partial charge in [-0.05, 0) is 78.9 Å². The van der Waals surface area contributed by atoms with Gasteiger partial charge in [0.15, 0.2) is 0 Å². The van der Waals surface area contributed by atoms with Crippen LogP contribution in [0, 0.1) is 3.57 Å². The summed E-state index contributed by atoms with van der Waals surface area (Å²) in [5.74, 6) is -0.508. The lowest BCUT2D eigenvalue weighted by atomic mass is 10.1. The zero-order chi connectivity index (χ0) is 17.1. The molecule has 6 heteroatoms. The summed E-state index contributed by atoms with van der Waals surface area (Å²) in [6.45, 7) is 0.581. The quantitative estimate of drug-likeness (QED) is 0.338. The molecule has 0 radical (unpaired) electrons. The van der Waals surface area contributed by atoms with Gasteiger partial charge < -0.3 is 15.8 Å². The lowest BCUT2D eigenvalue weighted by Gasteiger charge is -2.16. The Morgan fingerprint density at radius 1 is 1.22 bits per heavy atom. The smallest absolute Gasteiger partial charge is 0.328 e. The second-order valence-electron chi connectivity index (χ2n) is 5.41. The highest BCUT2D eigenvalue weighted by molar-refractivity contribution is 14.1. The van der Waals surface area contributed by atoms with E-state index in [0.29, 0.717) is 19.4 Å². The topological polar surface area (TPSA) is 81.4 Å². The molecule has 128 valence electrons. The number of carbonyl (C=O) groups is 2. The molecule has 0 aliphatic carbocycles. The Bertz CT molecular complexity index is 491. The maximum Gasteiger partial charge on any atom is 0.328 e. The van der Waals surface area contributed by atoms with Crippen molar-refractivity contribution < 1.29 is 14.3 Å². The first-order valence-electron chi connectivity index (χ1n) is 7.88. The van der Waals surface area contributed by atoms with Gasteiger partial charge in [0, 0.05) is 9.99 Å². The van der Waals surface area contributed by atoms with E-state index in [1.54, 1.807) is 0 Å². The number of unbranched alkanes of at least 4 members (excludes halogenated alkanes) is 1. The summed E-state index contributed by atoms with van der Waals surface area (Å²) in [7, 11) is 1.33. The van der Waals surface area contributed by atoms with Gasteiger partial charge in [-0.3, -0.25) is 4.79 Å². The number of halogens is 1. The zero-order valence-electron chi connectivity index (χ0n) is 13.5. The Morgan fingerprint density at radius 2 is 1.91 bits per heavy atom. The van der Waals surface area contributed by atoms with E-state index in [-0.39, 0.29) is 5.91 Å². The highest BCUT2D eigenvalue weighted by Crippen LogP contribution is 2.10. The minimum atomic E-state index is -0.572. The Labute approximate surface area is 151 Å². The van der Waals surface area contributed by atoms with Crippen LogP contribution in [0.15, 0.2) is 24.3 Å². The van der Waals surface area contributed by atoms with Crippen LogP contribution in [0.4, 0.5) is 0 Å². The third-order valence-electron chi connectivity index (χ3n) is 3.55. The molecule has 0 aliphatic rings. The van der Waals surface area contributed by atoms with E-state index < -0.39 is 12.0 Å². The Morgan fingerprint density at radius 3 is 2.52 bits per heavy atom. The van der Waals surface area contributed by atoms with Crippen molar-refractivity contribution in [1.82, 2.24) is 5.32 Å². The van der Waals surface area contributed by atoms with Gasteiger partial charge in [-0.15, -0.1) is 0 Å². The molecule has 0 saturated carbocycles. The molecule has 1 aromatic carbocycles. The monoisotopic (exact) mass is 432 g/mol. The van der Waals surface area contributed by atoms with Crippen molar-refractivity contribution in [2.24, 2.45) is 5.73 Å². The Hall–Kier alpha value is -1.15. The predicted octanol–water partition coefficient (Wildman–Crippen LogP) is 2.40. The predicted molar refractivity (Wildman–Crippen MR) is 98.9 cm³/mol. The number of amides is 1. The fraction of sp³-hybridized carbons (Fsp3) is 0.529. The summed E-state index contributed by atoms with van der Waals surface area (Å²) in [5, 5.41) is 2.77. The average Bonchev–Trinajstić information content (AvgIpc) is 2.55. The summed E-state index contributed by atoms with van der Waals surface area (Å²) in [5.41, 5.74) is 6.66. The number of benzene rings is 1. The average molecular weight is 432 g/mol. The van der Waals surface area contributed by atoms with E-state index in [9.17, 15) is 9.59 Å². The molecule has 1 rings (SSSR count). The van der Waals surface area contributed by atoms with Crippen LogP contribution in [0.5, 0.6) is 0 Å².